The van der Waals surface area contributed by atoms with Gasteiger partial charge in [0, 0.05) is 22.4 Å². The Bertz CT molecular complexity index is 2740. The van der Waals surface area contributed by atoms with Crippen LogP contribution in [-0.4, -0.2) is 0 Å². The third-order valence-electron chi connectivity index (χ3n) is 12.9. The predicted octanol–water partition coefficient (Wildman–Crippen LogP) is 13.8. The average molecular weight is 692 g/mol. The molecular formula is C53H41N. The van der Waals surface area contributed by atoms with E-state index in [1.54, 1.807) is 0 Å². The normalized spacial score (nSPS) is 19.2. The fourth-order valence-electron chi connectivity index (χ4n) is 10.6. The molecule has 2 unspecified atom stereocenters. The molecule has 1 heteroatoms. The molecule has 0 fully saturated rings. The Morgan fingerprint density at radius 1 is 0.481 bits per heavy atom. The molecule has 0 saturated carbocycles. The van der Waals surface area contributed by atoms with Crippen molar-refractivity contribution in [3.05, 3.63) is 215 Å². The van der Waals surface area contributed by atoms with Crippen LogP contribution < -0.4 is 4.90 Å². The lowest BCUT2D eigenvalue weighted by Crippen LogP contribution is -2.27. The summed E-state index contributed by atoms with van der Waals surface area (Å²) >= 11 is 0. The molecule has 0 amide bonds. The topological polar surface area (TPSA) is 3.24 Å². The first kappa shape index (κ1) is 31.4. The molecule has 0 N–H and O–H groups in total. The summed E-state index contributed by atoms with van der Waals surface area (Å²) in [5.41, 5.74) is 22.0. The predicted molar refractivity (Wildman–Crippen MR) is 226 cm³/mol. The number of hydrogen-bond acceptors (Lipinski definition) is 1. The molecule has 4 aliphatic carbocycles. The monoisotopic (exact) mass is 691 g/mol. The summed E-state index contributed by atoms with van der Waals surface area (Å²) in [4.78, 5) is 2.52. The van der Waals surface area contributed by atoms with Gasteiger partial charge in [0.05, 0.1) is 11.1 Å². The molecular weight excluding hydrogens is 651 g/mol. The van der Waals surface area contributed by atoms with E-state index in [2.05, 4.69) is 202 Å². The number of rotatable bonds is 4. The van der Waals surface area contributed by atoms with Crippen LogP contribution in [0.15, 0.2) is 182 Å². The molecule has 0 aromatic heterocycles. The lowest BCUT2D eigenvalue weighted by molar-refractivity contribution is 0.660. The van der Waals surface area contributed by atoms with Crippen LogP contribution in [0.1, 0.15) is 60.6 Å². The van der Waals surface area contributed by atoms with Gasteiger partial charge in [0.2, 0.25) is 0 Å². The molecule has 2 atom stereocenters. The van der Waals surface area contributed by atoms with Gasteiger partial charge >= 0.3 is 0 Å². The number of anilines is 3. The number of allylic oxidation sites excluding steroid dienone is 4. The van der Waals surface area contributed by atoms with Gasteiger partial charge in [-0.1, -0.05) is 166 Å². The van der Waals surface area contributed by atoms with Crippen molar-refractivity contribution < 1.29 is 0 Å². The van der Waals surface area contributed by atoms with Crippen molar-refractivity contribution in [3.8, 4) is 33.4 Å². The molecule has 7 aromatic carbocycles. The standard InChI is InChI=1S/C53H41N/c1-34-16-15-26-47-51(34)43-22-9-13-25-46(43)53(47)45-24-12-8-21-40(45)42-31-29-37(33-49(42)53)54(50-27-14-10-19-38(50)35-17-5-4-6-18-35)36-28-30-41-39-20-7-11-23-44(39)52(2,3)48(41)32-36/h4-15,17-34H,16H2,1-3H3. The second kappa shape index (κ2) is 11.4. The Hall–Kier alpha value is -6.18. The maximum Gasteiger partial charge on any atom is 0.0723 e. The smallest absolute Gasteiger partial charge is 0.0723 e. The summed E-state index contributed by atoms with van der Waals surface area (Å²) in [6.07, 6.45) is 5.94. The SMILES string of the molecule is CC1CC=CC2=C1c1ccccc1C21c2ccccc2-c2ccc(N(c3ccc4c(c3)C(C)(C)c3ccccc3-4)c3ccccc3-c3ccccc3)cc21. The summed E-state index contributed by atoms with van der Waals surface area (Å²) in [5, 5.41) is 0. The van der Waals surface area contributed by atoms with Gasteiger partial charge in [0.15, 0.2) is 0 Å². The van der Waals surface area contributed by atoms with E-state index in [1.165, 1.54) is 89.3 Å². The van der Waals surface area contributed by atoms with E-state index in [0.717, 1.165) is 12.1 Å². The molecule has 0 bridgehead atoms. The minimum Gasteiger partial charge on any atom is -0.310 e. The van der Waals surface area contributed by atoms with Crippen molar-refractivity contribution in [2.45, 2.75) is 38.0 Å². The molecule has 258 valence electrons. The van der Waals surface area contributed by atoms with Crippen molar-refractivity contribution in [3.63, 3.8) is 0 Å². The van der Waals surface area contributed by atoms with Gasteiger partial charge in [0.25, 0.3) is 0 Å². The molecule has 7 aromatic rings. The fraction of sp³-hybridized carbons (Fsp3) is 0.132. The number of fused-ring (bicyclic) bond motifs is 12. The highest BCUT2D eigenvalue weighted by Gasteiger charge is 2.53. The highest BCUT2D eigenvalue weighted by atomic mass is 15.1. The van der Waals surface area contributed by atoms with Crippen molar-refractivity contribution in [2.24, 2.45) is 5.92 Å². The van der Waals surface area contributed by atoms with Crippen LogP contribution >= 0.6 is 0 Å². The van der Waals surface area contributed by atoms with Gasteiger partial charge in [0.1, 0.15) is 0 Å². The minimum absolute atomic E-state index is 0.114. The molecule has 0 aliphatic heterocycles. The summed E-state index contributed by atoms with van der Waals surface area (Å²) in [6, 6.07) is 61.6. The van der Waals surface area contributed by atoms with Crippen molar-refractivity contribution >= 4 is 22.6 Å². The molecule has 0 heterocycles. The molecule has 11 rings (SSSR count). The molecule has 0 radical (unpaired) electrons. The summed E-state index contributed by atoms with van der Waals surface area (Å²) < 4.78 is 0. The molecule has 1 nitrogen and oxygen atoms in total. The Balaban J connectivity index is 1.19. The first-order valence-corrected chi connectivity index (χ1v) is 19.4. The van der Waals surface area contributed by atoms with Crippen LogP contribution in [-0.2, 0) is 10.8 Å². The highest BCUT2D eigenvalue weighted by molar-refractivity contribution is 5.98. The third-order valence-corrected chi connectivity index (χ3v) is 12.9. The second-order valence-corrected chi connectivity index (χ2v) is 16.1. The van der Waals surface area contributed by atoms with E-state index in [0.29, 0.717) is 5.92 Å². The lowest BCUT2D eigenvalue weighted by atomic mass is 9.68. The van der Waals surface area contributed by atoms with E-state index in [4.69, 9.17) is 0 Å². The zero-order valence-corrected chi connectivity index (χ0v) is 31.0. The largest absolute Gasteiger partial charge is 0.310 e. The molecule has 1 spiro atoms. The molecule has 54 heavy (non-hydrogen) atoms. The first-order chi connectivity index (χ1) is 26.5. The zero-order valence-electron chi connectivity index (χ0n) is 31.0. The van der Waals surface area contributed by atoms with Gasteiger partial charge in [-0.25, -0.2) is 0 Å². The van der Waals surface area contributed by atoms with Crippen LogP contribution in [0.4, 0.5) is 17.1 Å². The van der Waals surface area contributed by atoms with Crippen LogP contribution in [0.5, 0.6) is 0 Å². The maximum atomic E-state index is 2.53. The maximum absolute atomic E-state index is 2.53. The van der Waals surface area contributed by atoms with Crippen LogP contribution in [0.3, 0.4) is 0 Å². The van der Waals surface area contributed by atoms with Gasteiger partial charge < -0.3 is 4.90 Å². The number of hydrogen-bond donors (Lipinski definition) is 0. The van der Waals surface area contributed by atoms with Crippen LogP contribution in [0, 0.1) is 5.92 Å². The van der Waals surface area contributed by atoms with E-state index in [9.17, 15) is 0 Å². The Labute approximate surface area is 318 Å². The first-order valence-electron chi connectivity index (χ1n) is 19.4. The fourth-order valence-corrected chi connectivity index (χ4v) is 10.6. The van der Waals surface area contributed by atoms with Crippen LogP contribution in [0.2, 0.25) is 0 Å². The van der Waals surface area contributed by atoms with Gasteiger partial charge in [-0.2, -0.15) is 0 Å². The van der Waals surface area contributed by atoms with Crippen molar-refractivity contribution in [1.82, 2.24) is 0 Å². The number of para-hydroxylation sites is 1. The summed E-state index contributed by atoms with van der Waals surface area (Å²) in [5.74, 6) is 0.457. The van der Waals surface area contributed by atoms with Crippen molar-refractivity contribution in [1.29, 1.82) is 0 Å². The Morgan fingerprint density at radius 2 is 1.00 bits per heavy atom. The van der Waals surface area contributed by atoms with E-state index < -0.39 is 0 Å². The lowest BCUT2D eigenvalue weighted by Gasteiger charge is -2.34. The zero-order chi connectivity index (χ0) is 36.2. The van der Waals surface area contributed by atoms with Gasteiger partial charge in [-0.3, -0.25) is 0 Å². The van der Waals surface area contributed by atoms with E-state index >= 15 is 0 Å². The summed E-state index contributed by atoms with van der Waals surface area (Å²) in [6.45, 7) is 7.16. The number of nitrogens with zero attached hydrogens (tertiary/aromatic N) is 1. The minimum atomic E-state index is -0.384. The Kier molecular flexibility index (Phi) is 6.62. The molecule has 4 aliphatic rings. The quantitative estimate of drug-likeness (QED) is 0.178. The summed E-state index contributed by atoms with van der Waals surface area (Å²) in [7, 11) is 0. The third kappa shape index (κ3) is 4.10. The van der Waals surface area contributed by atoms with Gasteiger partial charge in [-0.15, -0.1) is 0 Å². The second-order valence-electron chi connectivity index (χ2n) is 16.1. The van der Waals surface area contributed by atoms with E-state index in [1.807, 2.05) is 0 Å². The van der Waals surface area contributed by atoms with Crippen molar-refractivity contribution in [2.75, 3.05) is 4.90 Å². The average Bonchev–Trinajstić information content (AvgIpc) is 3.78. The van der Waals surface area contributed by atoms with Gasteiger partial charge in [-0.05, 0) is 115 Å². The number of benzene rings is 7. The van der Waals surface area contributed by atoms with E-state index in [-0.39, 0.29) is 10.8 Å². The highest BCUT2D eigenvalue weighted by Crippen LogP contribution is 2.64. The Morgan fingerprint density at radius 3 is 1.72 bits per heavy atom. The van der Waals surface area contributed by atoms with Crippen LogP contribution in [0.25, 0.3) is 39.0 Å². The molecule has 0 saturated heterocycles.